The van der Waals surface area contributed by atoms with Crippen LogP contribution in [-0.2, 0) is 0 Å². The molecule has 0 aromatic carbocycles. The van der Waals surface area contributed by atoms with Crippen molar-refractivity contribution in [2.45, 2.75) is 0 Å². The minimum atomic E-state index is 0. The fourth-order valence-corrected chi connectivity index (χ4v) is 0. The van der Waals surface area contributed by atoms with E-state index in [0.717, 1.165) is 6.01 Å². The minimum Gasteiger partial charge on any atom is -0.447 e. The van der Waals surface area contributed by atoms with Crippen LogP contribution in [0.3, 0.4) is 0 Å². The van der Waals surface area contributed by atoms with Gasteiger partial charge in [0.1, 0.15) is 0 Å². The molecule has 0 saturated carbocycles. The minimum absolute atomic E-state index is 0. The third-order valence-electron chi connectivity index (χ3n) is 0. The normalized spacial score (nSPS) is 1.60. The first kappa shape index (κ1) is 16.2. The Hall–Kier alpha value is 1.38. The third kappa shape index (κ3) is 32.3. The fourth-order valence-electron chi connectivity index (χ4n) is 0. The molecule has 0 heterocycles. The van der Waals surface area contributed by atoms with E-state index >= 15 is 0 Å². The van der Waals surface area contributed by atoms with Crippen LogP contribution in [0.25, 0.3) is 5.41 Å². The standard InChI is InChI=1S/CHN2.2Na/c2-1-3;;/h2H;;/q-1;2*+1. The zero-order valence-corrected chi connectivity index (χ0v) is 7.45. The summed E-state index contributed by atoms with van der Waals surface area (Å²) in [7, 11) is 0. The van der Waals surface area contributed by atoms with E-state index in [2.05, 4.69) is 0 Å². The first-order valence-electron chi connectivity index (χ1n) is 0.474. The molecule has 2 nitrogen and oxygen atoms in total. The number of hydrogen-bond acceptors (Lipinski definition) is 1. The van der Waals surface area contributed by atoms with Gasteiger partial charge in [0.25, 0.3) is 0 Å². The second-order valence-corrected chi connectivity index (χ2v) is 0.112. The molecule has 5 heavy (non-hydrogen) atoms. The van der Waals surface area contributed by atoms with E-state index < -0.39 is 0 Å². The maximum Gasteiger partial charge on any atom is 1.00 e. The fraction of sp³-hybridized carbons (Fsp3) is 0. The number of nitrogens with one attached hydrogen (secondary N) is 1. The van der Waals surface area contributed by atoms with Crippen LogP contribution < -0.4 is 59.1 Å². The molecule has 0 aliphatic heterocycles. The molecule has 0 aliphatic rings. The molecular formula is CHN2Na2+. The van der Waals surface area contributed by atoms with Crippen molar-refractivity contribution >= 4 is 6.01 Å². The van der Waals surface area contributed by atoms with Gasteiger partial charge in [-0.15, -0.1) is 0 Å². The molecule has 0 atom stereocenters. The van der Waals surface area contributed by atoms with Gasteiger partial charge in [0.2, 0.25) is 0 Å². The molecule has 0 aromatic heterocycles. The Bertz CT molecular complexity index is 28.6. The van der Waals surface area contributed by atoms with Crippen molar-refractivity contribution in [2.75, 3.05) is 0 Å². The summed E-state index contributed by atoms with van der Waals surface area (Å²) in [5, 5.41) is 12.5. The largest absolute Gasteiger partial charge is 1.00 e. The molecule has 0 aliphatic carbocycles. The summed E-state index contributed by atoms with van der Waals surface area (Å²) in [4.78, 5) is 0. The van der Waals surface area contributed by atoms with Crippen LogP contribution in [0.2, 0.25) is 0 Å². The maximum absolute atomic E-state index is 6.99. The molecule has 0 radical (unpaired) electrons. The molecule has 0 spiro atoms. The quantitative estimate of drug-likeness (QED) is 0.226. The van der Waals surface area contributed by atoms with E-state index in [9.17, 15) is 0 Å². The van der Waals surface area contributed by atoms with Crippen LogP contribution in [0.15, 0.2) is 0 Å². The summed E-state index contributed by atoms with van der Waals surface area (Å²) < 4.78 is 0. The zero-order chi connectivity index (χ0) is 2.71. The summed E-state index contributed by atoms with van der Waals surface area (Å²) in [5.74, 6) is 0. The molecule has 0 rings (SSSR count). The van der Waals surface area contributed by atoms with E-state index in [1.165, 1.54) is 0 Å². The smallest absolute Gasteiger partial charge is 0.447 e. The van der Waals surface area contributed by atoms with Crippen molar-refractivity contribution in [3.8, 4) is 0 Å². The summed E-state index contributed by atoms with van der Waals surface area (Å²) in [6.45, 7) is 0. The number of rotatable bonds is 0. The Balaban J connectivity index is -0.0000000200. The van der Waals surface area contributed by atoms with Crippen molar-refractivity contribution in [1.82, 2.24) is 0 Å². The topological polar surface area (TPSA) is 46.2 Å². The van der Waals surface area contributed by atoms with Crippen LogP contribution in [0, 0.1) is 5.41 Å². The first-order valence-corrected chi connectivity index (χ1v) is 0.474. The van der Waals surface area contributed by atoms with Crippen LogP contribution in [0.5, 0.6) is 0 Å². The predicted molar refractivity (Wildman–Crippen MR) is 11.1 cm³/mol. The first-order chi connectivity index (χ1) is 1.41. The average Bonchev–Trinajstić information content (AvgIpc) is 0.918. The Morgan fingerprint density at radius 2 is 1.40 bits per heavy atom. The Morgan fingerprint density at radius 3 is 1.40 bits per heavy atom. The van der Waals surface area contributed by atoms with Gasteiger partial charge < -0.3 is 10.8 Å². The van der Waals surface area contributed by atoms with Crippen molar-refractivity contribution < 1.29 is 59.1 Å². The Kier molecular flexibility index (Phi) is 58.9. The van der Waals surface area contributed by atoms with Crippen LogP contribution in [-0.4, -0.2) is 6.01 Å². The summed E-state index contributed by atoms with van der Waals surface area (Å²) >= 11 is 0. The SMILES string of the molecule is [N-]=C=N.[Na+].[Na+]. The molecule has 0 amide bonds. The average molecular weight is 87.0 g/mol. The second kappa shape index (κ2) is 18.2. The van der Waals surface area contributed by atoms with E-state index in [1.54, 1.807) is 0 Å². The van der Waals surface area contributed by atoms with Crippen molar-refractivity contribution in [3.63, 3.8) is 0 Å². The van der Waals surface area contributed by atoms with Gasteiger partial charge in [0.15, 0.2) is 0 Å². The second-order valence-electron chi connectivity index (χ2n) is 0.112. The van der Waals surface area contributed by atoms with E-state index in [-0.39, 0.29) is 59.1 Å². The van der Waals surface area contributed by atoms with Crippen LogP contribution >= 0.6 is 0 Å². The van der Waals surface area contributed by atoms with Crippen molar-refractivity contribution in [1.29, 1.82) is 5.41 Å². The number of hydrogen-bond donors (Lipinski definition) is 1. The van der Waals surface area contributed by atoms with E-state index in [4.69, 9.17) is 10.8 Å². The molecule has 0 aromatic rings. The van der Waals surface area contributed by atoms with Gasteiger partial charge in [-0.3, -0.25) is 0 Å². The molecule has 0 bridgehead atoms. The van der Waals surface area contributed by atoms with Gasteiger partial charge in [-0.1, -0.05) is 0 Å². The van der Waals surface area contributed by atoms with Crippen LogP contribution in [0.4, 0.5) is 0 Å². The summed E-state index contributed by atoms with van der Waals surface area (Å²) in [6, 6.07) is 1.00. The van der Waals surface area contributed by atoms with Crippen molar-refractivity contribution in [2.24, 2.45) is 0 Å². The third-order valence-corrected chi connectivity index (χ3v) is 0. The van der Waals surface area contributed by atoms with Gasteiger partial charge in [0.05, 0.1) is 0 Å². The molecule has 0 saturated heterocycles. The molecule has 1 N–H and O–H groups in total. The monoisotopic (exact) mass is 87.0 g/mol. The van der Waals surface area contributed by atoms with Gasteiger partial charge in [-0.2, -0.15) is 6.01 Å². The van der Waals surface area contributed by atoms with Crippen LogP contribution in [0.1, 0.15) is 0 Å². The zero-order valence-electron chi connectivity index (χ0n) is 3.45. The van der Waals surface area contributed by atoms with Gasteiger partial charge in [-0.25, -0.2) is 0 Å². The molecule has 0 fully saturated rings. The van der Waals surface area contributed by atoms with E-state index in [0.29, 0.717) is 0 Å². The summed E-state index contributed by atoms with van der Waals surface area (Å²) in [6.07, 6.45) is 0. The van der Waals surface area contributed by atoms with E-state index in [1.807, 2.05) is 0 Å². The van der Waals surface area contributed by atoms with Gasteiger partial charge in [-0.05, 0) is 0 Å². The van der Waals surface area contributed by atoms with Gasteiger partial charge >= 0.3 is 59.1 Å². The summed E-state index contributed by atoms with van der Waals surface area (Å²) in [5.41, 5.74) is 0. The molecule has 4 heteroatoms. The van der Waals surface area contributed by atoms with Gasteiger partial charge in [0, 0.05) is 0 Å². The predicted octanol–water partition coefficient (Wildman–Crippen LogP) is -5.68. The Morgan fingerprint density at radius 1 is 1.40 bits per heavy atom. The maximum atomic E-state index is 6.99. The molecule has 16 valence electrons. The Labute approximate surface area is 74.9 Å². The molecule has 0 unspecified atom stereocenters. The number of nitrogens with zero attached hydrogens (tertiary/aromatic N) is 1. The van der Waals surface area contributed by atoms with Crippen molar-refractivity contribution in [3.05, 3.63) is 5.41 Å². The molecular weight excluding hydrogens is 86.0 g/mol.